The van der Waals surface area contributed by atoms with Crippen LogP contribution in [0.25, 0.3) is 0 Å². The first-order valence-electron chi connectivity index (χ1n) is 4.36. The van der Waals surface area contributed by atoms with E-state index in [4.69, 9.17) is 5.11 Å². The van der Waals surface area contributed by atoms with Gasteiger partial charge in [-0.05, 0) is 12.8 Å². The number of allylic oxidation sites excluding steroid dienone is 3. The van der Waals surface area contributed by atoms with Crippen molar-refractivity contribution in [3.05, 3.63) is 35.1 Å². The van der Waals surface area contributed by atoms with E-state index in [0.717, 1.165) is 24.2 Å². The molecule has 3 nitrogen and oxygen atoms in total. The first-order chi connectivity index (χ1) is 6.29. The van der Waals surface area contributed by atoms with Crippen LogP contribution in [0.1, 0.15) is 12.8 Å². The second-order valence-corrected chi connectivity index (χ2v) is 3.13. The fourth-order valence-corrected chi connectivity index (χ4v) is 1.68. The summed E-state index contributed by atoms with van der Waals surface area (Å²) in [4.78, 5) is 10.9. The van der Waals surface area contributed by atoms with Gasteiger partial charge in [0.1, 0.15) is 0 Å². The number of rotatable bonds is 1. The van der Waals surface area contributed by atoms with Crippen LogP contribution in [0.15, 0.2) is 35.1 Å². The van der Waals surface area contributed by atoms with E-state index in [0.29, 0.717) is 12.0 Å². The molecule has 1 heterocycles. The Bertz CT molecular complexity index is 337. The predicted molar refractivity (Wildman–Crippen MR) is 49.1 cm³/mol. The lowest BCUT2D eigenvalue weighted by Gasteiger charge is -2.22. The molecule has 0 spiro atoms. The van der Waals surface area contributed by atoms with Crippen LogP contribution >= 0.6 is 0 Å². The van der Waals surface area contributed by atoms with Gasteiger partial charge in [-0.3, -0.25) is 0 Å². The molecule has 1 aliphatic carbocycles. The van der Waals surface area contributed by atoms with E-state index in [2.05, 4.69) is 5.32 Å². The number of hydrogen-bond donors (Lipinski definition) is 2. The first-order valence-corrected chi connectivity index (χ1v) is 4.36. The van der Waals surface area contributed by atoms with E-state index in [1.54, 1.807) is 0 Å². The molecule has 0 fully saturated rings. The van der Waals surface area contributed by atoms with Gasteiger partial charge in [0.15, 0.2) is 0 Å². The average Bonchev–Trinajstić information content (AvgIpc) is 2.17. The quantitative estimate of drug-likeness (QED) is 0.632. The lowest BCUT2D eigenvalue weighted by Crippen LogP contribution is -2.26. The van der Waals surface area contributed by atoms with Crippen molar-refractivity contribution in [2.45, 2.75) is 12.8 Å². The fourth-order valence-electron chi connectivity index (χ4n) is 1.68. The average molecular weight is 177 g/mol. The number of aliphatic carboxylic acids is 1. The molecule has 0 atom stereocenters. The lowest BCUT2D eigenvalue weighted by atomic mass is 9.94. The first kappa shape index (κ1) is 8.10. The van der Waals surface area contributed by atoms with Gasteiger partial charge in [-0.15, -0.1) is 0 Å². The molecule has 0 aromatic heterocycles. The summed E-state index contributed by atoms with van der Waals surface area (Å²) >= 11 is 0. The van der Waals surface area contributed by atoms with Gasteiger partial charge < -0.3 is 10.4 Å². The Kier molecular flexibility index (Phi) is 1.93. The van der Waals surface area contributed by atoms with E-state index < -0.39 is 5.97 Å². The minimum atomic E-state index is -0.797. The highest BCUT2D eigenvalue weighted by atomic mass is 16.4. The summed E-state index contributed by atoms with van der Waals surface area (Å²) < 4.78 is 0. The predicted octanol–water partition coefficient (Wildman–Crippen LogP) is 1.20. The van der Waals surface area contributed by atoms with Crippen LogP contribution in [0.3, 0.4) is 0 Å². The standard InChI is InChI=1S/C10H11NO2/c12-10(13)8-5-6-11-9-4-2-1-3-7(8)9/h1,3-4,11H,2,5-6H2,(H,12,13). The van der Waals surface area contributed by atoms with Crippen LogP contribution in [0.2, 0.25) is 0 Å². The summed E-state index contributed by atoms with van der Waals surface area (Å²) in [6.45, 7) is 0.727. The number of carbonyl (C=O) groups is 1. The zero-order valence-corrected chi connectivity index (χ0v) is 7.21. The molecule has 0 aromatic rings. The largest absolute Gasteiger partial charge is 0.478 e. The Morgan fingerprint density at radius 1 is 1.54 bits per heavy atom. The van der Waals surface area contributed by atoms with Crippen LogP contribution in [-0.2, 0) is 4.79 Å². The third-order valence-corrected chi connectivity index (χ3v) is 2.31. The smallest absolute Gasteiger partial charge is 0.332 e. The van der Waals surface area contributed by atoms with Gasteiger partial charge in [0.25, 0.3) is 0 Å². The van der Waals surface area contributed by atoms with Crippen LogP contribution < -0.4 is 5.32 Å². The van der Waals surface area contributed by atoms with Crippen LogP contribution in [0.4, 0.5) is 0 Å². The summed E-state index contributed by atoms with van der Waals surface area (Å²) in [5.74, 6) is -0.797. The van der Waals surface area contributed by atoms with Crippen LogP contribution in [0.5, 0.6) is 0 Å². The molecule has 2 N–H and O–H groups in total. The molecular weight excluding hydrogens is 166 g/mol. The van der Waals surface area contributed by atoms with Gasteiger partial charge in [-0.1, -0.05) is 18.2 Å². The number of carboxylic acid groups (broad SMARTS) is 1. The number of nitrogens with one attached hydrogen (secondary N) is 1. The Morgan fingerprint density at radius 2 is 2.38 bits per heavy atom. The molecule has 2 aliphatic rings. The Morgan fingerprint density at radius 3 is 3.15 bits per heavy atom. The maximum Gasteiger partial charge on any atom is 0.332 e. The van der Waals surface area contributed by atoms with E-state index in [1.807, 2.05) is 18.2 Å². The highest BCUT2D eigenvalue weighted by Crippen LogP contribution is 2.25. The Labute approximate surface area is 76.4 Å². The van der Waals surface area contributed by atoms with E-state index in [-0.39, 0.29) is 0 Å². The lowest BCUT2D eigenvalue weighted by molar-refractivity contribution is -0.132. The maximum atomic E-state index is 10.9. The number of fused-ring (bicyclic) bond motifs is 1. The summed E-state index contributed by atoms with van der Waals surface area (Å²) in [5.41, 5.74) is 2.36. The second-order valence-electron chi connectivity index (χ2n) is 3.13. The maximum absolute atomic E-state index is 10.9. The SMILES string of the molecule is O=C(O)C1=C2C=CCC=C2NCC1. The Hall–Kier alpha value is -1.51. The molecule has 0 radical (unpaired) electrons. The summed E-state index contributed by atoms with van der Waals surface area (Å²) in [6, 6.07) is 0. The normalized spacial score (nSPS) is 20.5. The summed E-state index contributed by atoms with van der Waals surface area (Å²) in [6.07, 6.45) is 7.39. The third-order valence-electron chi connectivity index (χ3n) is 2.31. The van der Waals surface area contributed by atoms with Crippen molar-refractivity contribution in [2.24, 2.45) is 0 Å². The van der Waals surface area contributed by atoms with Crippen molar-refractivity contribution in [1.29, 1.82) is 0 Å². The van der Waals surface area contributed by atoms with Crippen LogP contribution in [0, 0.1) is 0 Å². The molecule has 3 heteroatoms. The molecule has 1 aliphatic heterocycles. The summed E-state index contributed by atoms with van der Waals surface area (Å²) in [5, 5.41) is 12.1. The molecular formula is C10H11NO2. The zero-order chi connectivity index (χ0) is 9.26. The fraction of sp³-hybridized carbons (Fsp3) is 0.300. The molecule has 0 amide bonds. The van der Waals surface area contributed by atoms with E-state index in [1.165, 1.54) is 0 Å². The summed E-state index contributed by atoms with van der Waals surface area (Å²) in [7, 11) is 0. The minimum absolute atomic E-state index is 0.529. The van der Waals surface area contributed by atoms with Gasteiger partial charge in [0.05, 0.1) is 0 Å². The topological polar surface area (TPSA) is 49.3 Å². The molecule has 0 bridgehead atoms. The van der Waals surface area contributed by atoms with Crippen molar-refractivity contribution >= 4 is 5.97 Å². The molecule has 68 valence electrons. The van der Waals surface area contributed by atoms with Gasteiger partial charge in [-0.2, -0.15) is 0 Å². The highest BCUT2D eigenvalue weighted by Gasteiger charge is 2.20. The Balaban J connectivity index is 2.46. The molecule has 13 heavy (non-hydrogen) atoms. The molecule has 0 saturated carbocycles. The van der Waals surface area contributed by atoms with E-state index in [9.17, 15) is 4.79 Å². The van der Waals surface area contributed by atoms with Gasteiger partial charge in [0, 0.05) is 23.4 Å². The van der Waals surface area contributed by atoms with Gasteiger partial charge >= 0.3 is 5.97 Å². The molecule has 0 unspecified atom stereocenters. The van der Waals surface area contributed by atoms with E-state index >= 15 is 0 Å². The molecule has 2 rings (SSSR count). The molecule has 0 saturated heterocycles. The third kappa shape index (κ3) is 1.37. The van der Waals surface area contributed by atoms with Gasteiger partial charge in [0.2, 0.25) is 0 Å². The van der Waals surface area contributed by atoms with Crippen molar-refractivity contribution in [3.63, 3.8) is 0 Å². The second kappa shape index (κ2) is 3.09. The van der Waals surface area contributed by atoms with Crippen molar-refractivity contribution < 1.29 is 9.90 Å². The zero-order valence-electron chi connectivity index (χ0n) is 7.21. The minimum Gasteiger partial charge on any atom is -0.478 e. The monoisotopic (exact) mass is 177 g/mol. The molecule has 0 aromatic carbocycles. The van der Waals surface area contributed by atoms with Crippen molar-refractivity contribution in [3.8, 4) is 0 Å². The van der Waals surface area contributed by atoms with Crippen molar-refractivity contribution in [2.75, 3.05) is 6.54 Å². The van der Waals surface area contributed by atoms with Crippen molar-refractivity contribution in [1.82, 2.24) is 5.32 Å². The number of carboxylic acids is 1. The number of hydrogen-bond acceptors (Lipinski definition) is 2. The highest BCUT2D eigenvalue weighted by molar-refractivity contribution is 5.89. The van der Waals surface area contributed by atoms with Crippen LogP contribution in [-0.4, -0.2) is 17.6 Å². The van der Waals surface area contributed by atoms with Gasteiger partial charge in [-0.25, -0.2) is 4.79 Å².